The fourth-order valence-corrected chi connectivity index (χ4v) is 3.40. The van der Waals surface area contributed by atoms with E-state index in [1.54, 1.807) is 24.3 Å². The van der Waals surface area contributed by atoms with Crippen molar-refractivity contribution in [1.82, 2.24) is 5.32 Å². The van der Waals surface area contributed by atoms with Crippen LogP contribution in [0, 0.1) is 11.3 Å². The van der Waals surface area contributed by atoms with Gasteiger partial charge in [0.1, 0.15) is 0 Å². The molecular weight excluding hydrogens is 365 g/mol. The number of rotatable bonds is 5. The van der Waals surface area contributed by atoms with Crippen LogP contribution in [0.2, 0.25) is 10.0 Å². The van der Waals surface area contributed by atoms with E-state index in [0.717, 1.165) is 11.3 Å². The maximum absolute atomic E-state index is 11.7. The molecule has 0 radical (unpaired) electrons. The summed E-state index contributed by atoms with van der Waals surface area (Å²) in [4.78, 5) is 13.3. The number of urea groups is 1. The fraction of sp³-hybridized carbons (Fsp3) is 0.176. The van der Waals surface area contributed by atoms with Crippen molar-refractivity contribution in [3.05, 3.63) is 52.0 Å². The van der Waals surface area contributed by atoms with Gasteiger partial charge in [0, 0.05) is 22.0 Å². The van der Waals surface area contributed by atoms with Gasteiger partial charge in [0.2, 0.25) is 0 Å². The first-order chi connectivity index (χ1) is 11.5. The minimum absolute atomic E-state index is 0.295. The average Bonchev–Trinajstić information content (AvgIpc) is 2.57. The predicted molar refractivity (Wildman–Crippen MR) is 99.1 cm³/mol. The van der Waals surface area contributed by atoms with Gasteiger partial charge >= 0.3 is 6.03 Å². The number of anilines is 1. The van der Waals surface area contributed by atoms with Crippen molar-refractivity contribution in [2.24, 2.45) is 0 Å². The molecule has 2 rings (SSSR count). The molecule has 0 fully saturated rings. The van der Waals surface area contributed by atoms with Gasteiger partial charge in [-0.2, -0.15) is 5.26 Å². The summed E-state index contributed by atoms with van der Waals surface area (Å²) in [5.41, 5.74) is 1.12. The molecule has 4 nitrogen and oxygen atoms in total. The summed E-state index contributed by atoms with van der Waals surface area (Å²) in [6.45, 7) is 2.57. The number of hydrogen-bond donors (Lipinski definition) is 2. The van der Waals surface area contributed by atoms with Crippen LogP contribution in [-0.4, -0.2) is 12.6 Å². The summed E-state index contributed by atoms with van der Waals surface area (Å²) in [5, 5.41) is 15.1. The first kappa shape index (κ1) is 18.5. The van der Waals surface area contributed by atoms with Crippen molar-refractivity contribution < 1.29 is 4.79 Å². The zero-order valence-electron chi connectivity index (χ0n) is 12.9. The summed E-state index contributed by atoms with van der Waals surface area (Å²) in [6.07, 6.45) is 0.856. The maximum Gasteiger partial charge on any atom is 0.319 e. The van der Waals surface area contributed by atoms with Crippen LogP contribution < -0.4 is 10.6 Å². The van der Waals surface area contributed by atoms with Gasteiger partial charge in [0.25, 0.3) is 0 Å². The summed E-state index contributed by atoms with van der Waals surface area (Å²) >= 11 is 14.0. The van der Waals surface area contributed by atoms with Crippen molar-refractivity contribution in [3.63, 3.8) is 0 Å². The molecule has 7 heteroatoms. The summed E-state index contributed by atoms with van der Waals surface area (Å²) in [6, 6.07) is 12.2. The molecule has 2 amide bonds. The number of halogens is 2. The highest BCUT2D eigenvalue weighted by molar-refractivity contribution is 7.99. The second-order valence-electron chi connectivity index (χ2n) is 4.89. The number of nitrogens with zero attached hydrogens (tertiary/aromatic N) is 1. The van der Waals surface area contributed by atoms with Crippen molar-refractivity contribution >= 4 is 46.7 Å². The summed E-state index contributed by atoms with van der Waals surface area (Å²) in [7, 11) is 0. The monoisotopic (exact) mass is 379 g/mol. The first-order valence-corrected chi connectivity index (χ1v) is 8.82. The van der Waals surface area contributed by atoms with Crippen molar-refractivity contribution in [3.8, 4) is 6.07 Å². The van der Waals surface area contributed by atoms with Crippen molar-refractivity contribution in [1.29, 1.82) is 5.26 Å². The molecule has 0 atom stereocenters. The predicted octanol–water partition coefficient (Wildman–Crippen LogP) is 5.55. The van der Waals surface area contributed by atoms with Crippen LogP contribution in [0.3, 0.4) is 0 Å². The van der Waals surface area contributed by atoms with Crippen molar-refractivity contribution in [2.75, 3.05) is 11.9 Å². The number of hydrogen-bond acceptors (Lipinski definition) is 3. The summed E-state index contributed by atoms with van der Waals surface area (Å²) in [5.74, 6) is 0. The zero-order valence-corrected chi connectivity index (χ0v) is 15.2. The molecule has 2 aromatic rings. The second-order valence-corrected chi connectivity index (χ2v) is 6.79. The van der Waals surface area contributed by atoms with E-state index >= 15 is 0 Å². The van der Waals surface area contributed by atoms with E-state index in [9.17, 15) is 4.79 Å². The topological polar surface area (TPSA) is 64.9 Å². The molecule has 0 spiro atoms. The number of nitrogens with one attached hydrogen (secondary N) is 2. The normalized spacial score (nSPS) is 10.1. The molecule has 0 saturated carbocycles. The Morgan fingerprint density at radius 1 is 1.21 bits per heavy atom. The molecule has 0 unspecified atom stereocenters. The quantitative estimate of drug-likeness (QED) is 0.715. The van der Waals surface area contributed by atoms with Crippen LogP contribution in [0.4, 0.5) is 10.5 Å². The van der Waals surface area contributed by atoms with E-state index in [2.05, 4.69) is 16.7 Å². The minimum atomic E-state index is -0.295. The molecule has 0 aliphatic heterocycles. The third-order valence-corrected chi connectivity index (χ3v) is 4.97. The zero-order chi connectivity index (χ0) is 17.5. The highest BCUT2D eigenvalue weighted by atomic mass is 35.5. The molecule has 0 saturated heterocycles. The van der Waals surface area contributed by atoms with E-state index in [-0.39, 0.29) is 6.03 Å². The van der Waals surface area contributed by atoms with E-state index in [1.807, 2.05) is 19.1 Å². The van der Waals surface area contributed by atoms with Crippen LogP contribution >= 0.6 is 35.0 Å². The smallest absolute Gasteiger partial charge is 0.319 e. The Kier molecular flexibility index (Phi) is 6.80. The lowest BCUT2D eigenvalue weighted by Gasteiger charge is -2.11. The van der Waals surface area contributed by atoms with E-state index in [1.165, 1.54) is 11.8 Å². The van der Waals surface area contributed by atoms with Gasteiger partial charge in [-0.05, 0) is 42.8 Å². The van der Waals surface area contributed by atoms with Crippen LogP contribution in [0.25, 0.3) is 0 Å². The third-order valence-electron chi connectivity index (χ3n) is 3.00. The van der Waals surface area contributed by atoms with Gasteiger partial charge in [-0.25, -0.2) is 4.79 Å². The van der Waals surface area contributed by atoms with Gasteiger partial charge in [-0.1, -0.05) is 41.9 Å². The molecule has 2 N–H and O–H groups in total. The second kappa shape index (κ2) is 8.84. The van der Waals surface area contributed by atoms with Crippen LogP contribution in [0.5, 0.6) is 0 Å². The molecular formula is C17H15Cl2N3OS. The van der Waals surface area contributed by atoms with Gasteiger partial charge in [-0.15, -0.1) is 0 Å². The highest BCUT2D eigenvalue weighted by Crippen LogP contribution is 2.40. The lowest BCUT2D eigenvalue weighted by molar-refractivity contribution is 0.252. The summed E-state index contributed by atoms with van der Waals surface area (Å²) < 4.78 is 0. The first-order valence-electron chi connectivity index (χ1n) is 7.25. The Labute approximate surface area is 155 Å². The standard InChI is InChI=1S/C17H15Cl2N3OS/c1-2-7-21-17(23)22-12-8-14(18)16(15(19)9-12)24-13-5-3-11(10-20)4-6-13/h3-6,8-9H,2,7H2,1H3,(H2,21,22,23). The lowest BCUT2D eigenvalue weighted by atomic mass is 10.2. The van der Waals surface area contributed by atoms with Gasteiger partial charge < -0.3 is 10.6 Å². The molecule has 0 aromatic heterocycles. The van der Waals surface area contributed by atoms with Crippen molar-refractivity contribution in [2.45, 2.75) is 23.1 Å². The number of carbonyl (C=O) groups is 1. The fourth-order valence-electron chi connectivity index (χ4n) is 1.86. The molecule has 0 bridgehead atoms. The van der Waals surface area contributed by atoms with Gasteiger partial charge in [0.15, 0.2) is 0 Å². The SMILES string of the molecule is CCCNC(=O)Nc1cc(Cl)c(Sc2ccc(C#N)cc2)c(Cl)c1. The Hall–Kier alpha value is -1.87. The van der Waals surface area contributed by atoms with Crippen LogP contribution in [0.15, 0.2) is 46.2 Å². The number of amides is 2. The number of benzene rings is 2. The van der Waals surface area contributed by atoms with Gasteiger partial charge in [0.05, 0.1) is 21.7 Å². The molecule has 0 aliphatic rings. The van der Waals surface area contributed by atoms with Gasteiger partial charge in [-0.3, -0.25) is 0 Å². The third kappa shape index (κ3) is 5.07. The molecule has 124 valence electrons. The number of carbonyl (C=O) groups excluding carboxylic acids is 1. The largest absolute Gasteiger partial charge is 0.338 e. The molecule has 2 aromatic carbocycles. The number of nitriles is 1. The highest BCUT2D eigenvalue weighted by Gasteiger charge is 2.12. The average molecular weight is 380 g/mol. The Morgan fingerprint density at radius 3 is 2.38 bits per heavy atom. The van der Waals surface area contributed by atoms with E-state index < -0.39 is 0 Å². The lowest BCUT2D eigenvalue weighted by Crippen LogP contribution is -2.29. The van der Waals surface area contributed by atoms with Crippen LogP contribution in [-0.2, 0) is 0 Å². The Balaban J connectivity index is 2.14. The van der Waals surface area contributed by atoms with E-state index in [0.29, 0.717) is 32.7 Å². The molecule has 24 heavy (non-hydrogen) atoms. The maximum atomic E-state index is 11.7. The Bertz CT molecular complexity index is 749. The molecule has 0 heterocycles. The van der Waals surface area contributed by atoms with E-state index in [4.69, 9.17) is 28.5 Å². The van der Waals surface area contributed by atoms with Crippen LogP contribution in [0.1, 0.15) is 18.9 Å². The molecule has 0 aliphatic carbocycles. The Morgan fingerprint density at radius 2 is 1.83 bits per heavy atom. The minimum Gasteiger partial charge on any atom is -0.338 e.